The Morgan fingerprint density at radius 1 is 1.19 bits per heavy atom. The van der Waals surface area contributed by atoms with Crippen LogP contribution >= 0.6 is 0 Å². The average Bonchev–Trinajstić information content (AvgIpc) is 3.04. The van der Waals surface area contributed by atoms with E-state index in [1.807, 2.05) is 62.4 Å². The number of aromatic nitrogens is 3. The molecule has 0 spiro atoms. The number of anilines is 1. The Hall–Kier alpha value is -3.94. The SMILES string of the molecule is COc1cccc(/C=N/n2c(N)c(C(=O)NCC(C)C)c3nc4ccccc4nc32)c1. The van der Waals surface area contributed by atoms with E-state index in [9.17, 15) is 4.79 Å². The van der Waals surface area contributed by atoms with Crippen molar-refractivity contribution in [3.63, 3.8) is 0 Å². The number of nitrogens with two attached hydrogens (primary N) is 1. The molecule has 0 aliphatic rings. The lowest BCUT2D eigenvalue weighted by molar-refractivity contribution is 0.0951. The highest BCUT2D eigenvalue weighted by Gasteiger charge is 2.24. The predicted octanol–water partition coefficient (Wildman–Crippen LogP) is 3.44. The summed E-state index contributed by atoms with van der Waals surface area (Å²) in [5.41, 5.74) is 9.70. The number of carbonyl (C=O) groups excluding carboxylic acids is 1. The van der Waals surface area contributed by atoms with Crippen molar-refractivity contribution in [2.24, 2.45) is 11.0 Å². The van der Waals surface area contributed by atoms with Gasteiger partial charge >= 0.3 is 0 Å². The number of para-hydroxylation sites is 2. The molecule has 2 heterocycles. The lowest BCUT2D eigenvalue weighted by Gasteiger charge is -2.07. The van der Waals surface area contributed by atoms with Gasteiger partial charge in [-0.25, -0.2) is 9.97 Å². The highest BCUT2D eigenvalue weighted by molar-refractivity contribution is 6.10. The Bertz CT molecular complexity index is 1290. The number of amides is 1. The molecule has 1 amide bonds. The van der Waals surface area contributed by atoms with Crippen molar-refractivity contribution in [1.29, 1.82) is 0 Å². The molecule has 158 valence electrons. The summed E-state index contributed by atoms with van der Waals surface area (Å²) in [4.78, 5) is 22.3. The fourth-order valence-corrected chi connectivity index (χ4v) is 3.22. The van der Waals surface area contributed by atoms with Gasteiger partial charge in [0.1, 0.15) is 22.6 Å². The van der Waals surface area contributed by atoms with Crippen LogP contribution < -0.4 is 15.8 Å². The van der Waals surface area contributed by atoms with Gasteiger partial charge < -0.3 is 15.8 Å². The second kappa shape index (κ2) is 8.43. The highest BCUT2D eigenvalue weighted by Crippen LogP contribution is 2.28. The third-order valence-corrected chi connectivity index (χ3v) is 4.79. The summed E-state index contributed by atoms with van der Waals surface area (Å²) in [5, 5.41) is 7.43. The highest BCUT2D eigenvalue weighted by atomic mass is 16.5. The second-order valence-electron chi connectivity index (χ2n) is 7.58. The van der Waals surface area contributed by atoms with E-state index in [0.717, 1.165) is 5.56 Å². The van der Waals surface area contributed by atoms with Crippen LogP contribution in [0.1, 0.15) is 29.8 Å². The standard InChI is InChI=1S/C23H24N6O2/c1-14(2)12-25-23(30)19-20-22(28-18-10-5-4-9-17(18)27-20)29(21(19)24)26-13-15-7-6-8-16(11-15)31-3/h4-11,13-14H,12,24H2,1-3H3,(H,25,30)/b26-13+. The number of hydrogen-bond acceptors (Lipinski definition) is 6. The molecule has 0 saturated heterocycles. The van der Waals surface area contributed by atoms with Gasteiger partial charge in [-0.15, -0.1) is 0 Å². The van der Waals surface area contributed by atoms with Crippen molar-refractivity contribution in [1.82, 2.24) is 20.0 Å². The molecule has 0 bridgehead atoms. The number of benzene rings is 2. The molecule has 3 N–H and O–H groups in total. The van der Waals surface area contributed by atoms with Crippen molar-refractivity contribution in [2.75, 3.05) is 19.4 Å². The Kier molecular flexibility index (Phi) is 5.53. The van der Waals surface area contributed by atoms with E-state index >= 15 is 0 Å². The van der Waals surface area contributed by atoms with Crippen molar-refractivity contribution in [3.05, 3.63) is 59.7 Å². The van der Waals surface area contributed by atoms with E-state index in [4.69, 9.17) is 10.5 Å². The maximum atomic E-state index is 13.0. The van der Waals surface area contributed by atoms with Crippen LogP contribution in [0.2, 0.25) is 0 Å². The first-order valence-corrected chi connectivity index (χ1v) is 10.0. The second-order valence-corrected chi connectivity index (χ2v) is 7.58. The lowest BCUT2D eigenvalue weighted by Crippen LogP contribution is -2.28. The minimum Gasteiger partial charge on any atom is -0.497 e. The average molecular weight is 416 g/mol. The summed E-state index contributed by atoms with van der Waals surface area (Å²) in [7, 11) is 1.61. The number of nitrogens with one attached hydrogen (secondary N) is 1. The van der Waals surface area contributed by atoms with Gasteiger partial charge in [0.15, 0.2) is 5.65 Å². The molecule has 4 aromatic rings. The van der Waals surface area contributed by atoms with Crippen LogP contribution in [0.15, 0.2) is 53.6 Å². The third-order valence-electron chi connectivity index (χ3n) is 4.79. The van der Waals surface area contributed by atoms with Gasteiger partial charge in [0.2, 0.25) is 0 Å². The number of ether oxygens (including phenoxy) is 1. The first kappa shape index (κ1) is 20.3. The zero-order chi connectivity index (χ0) is 22.0. The zero-order valence-corrected chi connectivity index (χ0v) is 17.7. The summed E-state index contributed by atoms with van der Waals surface area (Å²) in [5.74, 6) is 0.909. The summed E-state index contributed by atoms with van der Waals surface area (Å²) < 4.78 is 6.72. The van der Waals surface area contributed by atoms with Gasteiger partial charge in [-0.3, -0.25) is 4.79 Å². The molecule has 31 heavy (non-hydrogen) atoms. The number of methoxy groups -OCH3 is 1. The van der Waals surface area contributed by atoms with Crippen LogP contribution in [-0.4, -0.2) is 40.4 Å². The fraction of sp³-hybridized carbons (Fsp3) is 0.217. The molecule has 0 fully saturated rings. The Morgan fingerprint density at radius 2 is 1.94 bits per heavy atom. The molecule has 0 radical (unpaired) electrons. The summed E-state index contributed by atoms with van der Waals surface area (Å²) in [6, 6.07) is 14.9. The van der Waals surface area contributed by atoms with Crippen LogP contribution in [0.4, 0.5) is 5.82 Å². The molecule has 0 aliphatic heterocycles. The van der Waals surface area contributed by atoms with E-state index < -0.39 is 0 Å². The first-order chi connectivity index (χ1) is 15.0. The van der Waals surface area contributed by atoms with Crippen molar-refractivity contribution in [3.8, 4) is 5.75 Å². The number of carbonyl (C=O) groups is 1. The first-order valence-electron chi connectivity index (χ1n) is 10.0. The number of fused-ring (bicyclic) bond motifs is 2. The zero-order valence-electron chi connectivity index (χ0n) is 17.7. The third kappa shape index (κ3) is 4.05. The number of nitrogens with zero attached hydrogens (tertiary/aromatic N) is 4. The van der Waals surface area contributed by atoms with Crippen molar-refractivity contribution < 1.29 is 9.53 Å². The van der Waals surface area contributed by atoms with Gasteiger partial charge in [0.05, 0.1) is 24.4 Å². The van der Waals surface area contributed by atoms with Gasteiger partial charge in [0, 0.05) is 6.54 Å². The topological polar surface area (TPSA) is 107 Å². The maximum Gasteiger partial charge on any atom is 0.257 e. The molecule has 8 heteroatoms. The molecule has 2 aromatic carbocycles. The molecule has 2 aromatic heterocycles. The van der Waals surface area contributed by atoms with Crippen LogP contribution in [0, 0.1) is 5.92 Å². The van der Waals surface area contributed by atoms with Crippen LogP contribution in [0.25, 0.3) is 22.2 Å². The molecule has 4 rings (SSSR count). The van der Waals surface area contributed by atoms with E-state index in [-0.39, 0.29) is 17.3 Å². The molecular weight excluding hydrogens is 392 g/mol. The Morgan fingerprint density at radius 3 is 2.65 bits per heavy atom. The summed E-state index contributed by atoms with van der Waals surface area (Å²) in [6.45, 7) is 4.58. The van der Waals surface area contributed by atoms with E-state index in [2.05, 4.69) is 20.4 Å². The van der Waals surface area contributed by atoms with E-state index in [1.54, 1.807) is 13.3 Å². The van der Waals surface area contributed by atoms with Crippen LogP contribution in [-0.2, 0) is 0 Å². The lowest BCUT2D eigenvalue weighted by atomic mass is 10.2. The number of rotatable bonds is 6. The quantitative estimate of drug-likeness (QED) is 0.468. The maximum absolute atomic E-state index is 13.0. The molecule has 0 atom stereocenters. The van der Waals surface area contributed by atoms with E-state index in [1.165, 1.54) is 4.68 Å². The largest absolute Gasteiger partial charge is 0.497 e. The molecular formula is C23H24N6O2. The number of hydrogen-bond donors (Lipinski definition) is 2. The van der Waals surface area contributed by atoms with Gasteiger partial charge in [-0.2, -0.15) is 9.78 Å². The van der Waals surface area contributed by atoms with Crippen molar-refractivity contribution >= 4 is 40.1 Å². The van der Waals surface area contributed by atoms with Crippen LogP contribution in [0.5, 0.6) is 5.75 Å². The molecule has 0 saturated carbocycles. The minimum atomic E-state index is -0.295. The molecule has 0 unspecified atom stereocenters. The fourth-order valence-electron chi connectivity index (χ4n) is 3.22. The number of nitrogen functional groups attached to an aromatic ring is 1. The van der Waals surface area contributed by atoms with Gasteiger partial charge in [0.25, 0.3) is 5.91 Å². The Balaban J connectivity index is 1.87. The molecule has 0 aliphatic carbocycles. The summed E-state index contributed by atoms with van der Waals surface area (Å²) in [6.07, 6.45) is 1.64. The van der Waals surface area contributed by atoms with Crippen molar-refractivity contribution in [2.45, 2.75) is 13.8 Å². The van der Waals surface area contributed by atoms with Crippen LogP contribution in [0.3, 0.4) is 0 Å². The normalized spacial score (nSPS) is 11.6. The minimum absolute atomic E-state index is 0.186. The predicted molar refractivity (Wildman–Crippen MR) is 123 cm³/mol. The van der Waals surface area contributed by atoms with Gasteiger partial charge in [-0.05, 0) is 35.7 Å². The van der Waals surface area contributed by atoms with Gasteiger partial charge in [-0.1, -0.05) is 38.1 Å². The smallest absolute Gasteiger partial charge is 0.257 e. The Labute approximate surface area is 179 Å². The molecule has 8 nitrogen and oxygen atoms in total. The summed E-state index contributed by atoms with van der Waals surface area (Å²) >= 11 is 0. The monoisotopic (exact) mass is 416 g/mol. The van der Waals surface area contributed by atoms with E-state index in [0.29, 0.717) is 40.4 Å².